The van der Waals surface area contributed by atoms with Gasteiger partial charge in [0.25, 0.3) is 5.91 Å². The molecular weight excluding hydrogens is 365 g/mol. The molecule has 0 fully saturated rings. The molecule has 27 heavy (non-hydrogen) atoms. The molecule has 0 unspecified atom stereocenters. The highest BCUT2D eigenvalue weighted by atomic mass is 32.2. The van der Waals surface area contributed by atoms with Gasteiger partial charge in [-0.15, -0.1) is 10.2 Å². The summed E-state index contributed by atoms with van der Waals surface area (Å²) in [4.78, 5) is 12.2. The normalized spacial score (nSPS) is 11.4. The highest BCUT2D eigenvalue weighted by Crippen LogP contribution is 2.20. The zero-order valence-electron chi connectivity index (χ0n) is 14.9. The van der Waals surface area contributed by atoms with Gasteiger partial charge in [0, 0.05) is 23.9 Å². The van der Waals surface area contributed by atoms with Crippen LogP contribution in [0.15, 0.2) is 65.1 Å². The van der Waals surface area contributed by atoms with Crippen molar-refractivity contribution >= 4 is 23.4 Å². The minimum atomic E-state index is -0.344. The van der Waals surface area contributed by atoms with E-state index in [2.05, 4.69) is 20.7 Å². The molecule has 0 saturated carbocycles. The number of nitrogens with one attached hydrogen (secondary N) is 1. The fraction of sp³-hybridized carbons (Fsp3) is 0.158. The van der Waals surface area contributed by atoms with Crippen LogP contribution in [0.4, 0.5) is 4.39 Å². The first-order valence-electron chi connectivity index (χ1n) is 8.19. The van der Waals surface area contributed by atoms with Crippen molar-refractivity contribution in [3.63, 3.8) is 0 Å². The van der Waals surface area contributed by atoms with Crippen LogP contribution in [0, 0.1) is 5.82 Å². The van der Waals surface area contributed by atoms with Crippen LogP contribution in [-0.2, 0) is 12.8 Å². The van der Waals surface area contributed by atoms with Gasteiger partial charge in [0.1, 0.15) is 12.1 Å². The highest BCUT2D eigenvalue weighted by Gasteiger charge is 2.07. The van der Waals surface area contributed by atoms with Crippen LogP contribution < -0.4 is 5.43 Å². The lowest BCUT2D eigenvalue weighted by atomic mass is 10.1. The molecule has 0 spiro atoms. The number of hydrazone groups is 1. The lowest BCUT2D eigenvalue weighted by Gasteiger charge is -2.05. The van der Waals surface area contributed by atoms with E-state index in [0.29, 0.717) is 16.8 Å². The molecule has 0 aliphatic carbocycles. The highest BCUT2D eigenvalue weighted by molar-refractivity contribution is 7.98. The molecule has 0 atom stereocenters. The first-order valence-corrected chi connectivity index (χ1v) is 9.18. The number of rotatable bonds is 6. The van der Waals surface area contributed by atoms with Crippen LogP contribution in [-0.4, -0.2) is 26.4 Å². The van der Waals surface area contributed by atoms with E-state index >= 15 is 0 Å². The second-order valence-electron chi connectivity index (χ2n) is 5.86. The molecule has 3 aromatic rings. The average molecular weight is 383 g/mol. The Morgan fingerprint density at radius 1 is 1.22 bits per heavy atom. The number of carbonyl (C=O) groups is 1. The predicted molar refractivity (Wildman–Crippen MR) is 103 cm³/mol. The monoisotopic (exact) mass is 383 g/mol. The fourth-order valence-electron chi connectivity index (χ4n) is 2.28. The Kier molecular flexibility index (Phi) is 5.97. The zero-order valence-corrected chi connectivity index (χ0v) is 15.7. The average Bonchev–Trinajstić information content (AvgIpc) is 3.09. The van der Waals surface area contributed by atoms with Gasteiger partial charge in [0.2, 0.25) is 0 Å². The predicted octanol–water partition coefficient (Wildman–Crippen LogP) is 3.40. The van der Waals surface area contributed by atoms with Crippen molar-refractivity contribution < 1.29 is 9.18 Å². The number of halogens is 1. The maximum atomic E-state index is 13.3. The Balaban J connectivity index is 1.58. The third-order valence-electron chi connectivity index (χ3n) is 3.82. The molecule has 0 aliphatic heterocycles. The van der Waals surface area contributed by atoms with Gasteiger partial charge in [-0.05, 0) is 36.8 Å². The van der Waals surface area contributed by atoms with E-state index in [1.54, 1.807) is 49.3 Å². The molecule has 3 rings (SSSR count). The van der Waals surface area contributed by atoms with Gasteiger partial charge in [-0.25, -0.2) is 9.82 Å². The number of benzene rings is 2. The summed E-state index contributed by atoms with van der Waals surface area (Å²) in [5.41, 5.74) is 5.21. The van der Waals surface area contributed by atoms with Crippen molar-refractivity contribution in [1.29, 1.82) is 0 Å². The number of aryl methyl sites for hydroxylation is 1. The quantitative estimate of drug-likeness (QED) is 0.402. The van der Waals surface area contributed by atoms with Crippen molar-refractivity contribution in [2.75, 3.05) is 0 Å². The van der Waals surface area contributed by atoms with Crippen molar-refractivity contribution in [3.05, 3.63) is 77.4 Å². The minimum absolute atomic E-state index is 0.321. The van der Waals surface area contributed by atoms with E-state index in [9.17, 15) is 9.18 Å². The summed E-state index contributed by atoms with van der Waals surface area (Å²) in [6, 6.07) is 13.3. The maximum Gasteiger partial charge on any atom is 0.271 e. The van der Waals surface area contributed by atoms with E-state index in [0.717, 1.165) is 16.5 Å². The van der Waals surface area contributed by atoms with E-state index < -0.39 is 0 Å². The Morgan fingerprint density at radius 2 is 2.00 bits per heavy atom. The van der Waals surface area contributed by atoms with Gasteiger partial charge in [-0.3, -0.25) is 4.79 Å². The molecule has 1 heterocycles. The first kappa shape index (κ1) is 18.8. The smallest absolute Gasteiger partial charge is 0.271 e. The van der Waals surface area contributed by atoms with Crippen LogP contribution in [0.25, 0.3) is 0 Å². The topological polar surface area (TPSA) is 72.2 Å². The van der Waals surface area contributed by atoms with Crippen LogP contribution in [0.2, 0.25) is 0 Å². The van der Waals surface area contributed by atoms with E-state index in [4.69, 9.17) is 0 Å². The summed E-state index contributed by atoms with van der Waals surface area (Å²) in [5.74, 6) is 0.0621. The second kappa shape index (κ2) is 8.59. The summed E-state index contributed by atoms with van der Waals surface area (Å²) in [6.07, 6.45) is 1.65. The van der Waals surface area contributed by atoms with Crippen molar-refractivity contribution in [1.82, 2.24) is 20.2 Å². The third kappa shape index (κ3) is 5.01. The number of carbonyl (C=O) groups excluding carboxylic acids is 1. The lowest BCUT2D eigenvalue weighted by Crippen LogP contribution is -2.19. The summed E-state index contributed by atoms with van der Waals surface area (Å²) in [5, 5.41) is 12.7. The Labute approximate surface area is 160 Å². The Hall–Kier alpha value is -3.00. The van der Waals surface area contributed by atoms with Gasteiger partial charge >= 0.3 is 0 Å². The summed E-state index contributed by atoms with van der Waals surface area (Å²) in [7, 11) is 1.89. The van der Waals surface area contributed by atoms with Gasteiger partial charge < -0.3 is 4.57 Å². The lowest BCUT2D eigenvalue weighted by molar-refractivity contribution is 0.0955. The van der Waals surface area contributed by atoms with E-state index in [1.807, 2.05) is 23.7 Å². The van der Waals surface area contributed by atoms with Crippen LogP contribution in [0.5, 0.6) is 0 Å². The molecule has 0 radical (unpaired) electrons. The molecular formula is C19H18FN5OS. The Bertz CT molecular complexity index is 968. The van der Waals surface area contributed by atoms with Crippen LogP contribution in [0.1, 0.15) is 28.4 Å². The van der Waals surface area contributed by atoms with Gasteiger partial charge in [-0.1, -0.05) is 36.0 Å². The summed E-state index contributed by atoms with van der Waals surface area (Å²) in [6.45, 7) is 1.71. The molecule has 1 aromatic heterocycles. The molecule has 138 valence electrons. The van der Waals surface area contributed by atoms with E-state index in [1.165, 1.54) is 12.1 Å². The molecule has 1 N–H and O–H groups in total. The number of aromatic nitrogens is 3. The third-order valence-corrected chi connectivity index (χ3v) is 4.93. The number of hydrogen-bond acceptors (Lipinski definition) is 5. The molecule has 0 bridgehead atoms. The maximum absolute atomic E-state index is 13.3. The van der Waals surface area contributed by atoms with Crippen LogP contribution >= 0.6 is 11.8 Å². The van der Waals surface area contributed by atoms with Crippen molar-refractivity contribution in [2.45, 2.75) is 17.8 Å². The van der Waals surface area contributed by atoms with Crippen molar-refractivity contribution in [3.8, 4) is 0 Å². The molecule has 6 nitrogen and oxygen atoms in total. The summed E-state index contributed by atoms with van der Waals surface area (Å²) >= 11 is 1.57. The number of amides is 1. The number of nitrogens with zero attached hydrogens (tertiary/aromatic N) is 4. The van der Waals surface area contributed by atoms with Gasteiger partial charge in [0.05, 0.1) is 5.71 Å². The molecule has 8 heteroatoms. The van der Waals surface area contributed by atoms with E-state index in [-0.39, 0.29) is 11.7 Å². The van der Waals surface area contributed by atoms with Crippen molar-refractivity contribution in [2.24, 2.45) is 12.1 Å². The number of hydrogen-bond donors (Lipinski definition) is 1. The first-order chi connectivity index (χ1) is 13.0. The molecule has 1 amide bonds. The Morgan fingerprint density at radius 3 is 2.67 bits per heavy atom. The second-order valence-corrected chi connectivity index (χ2v) is 6.80. The van der Waals surface area contributed by atoms with Gasteiger partial charge in [0.15, 0.2) is 5.16 Å². The van der Waals surface area contributed by atoms with Gasteiger partial charge in [-0.2, -0.15) is 5.10 Å². The molecule has 0 saturated heterocycles. The molecule has 2 aromatic carbocycles. The minimum Gasteiger partial charge on any atom is -0.312 e. The zero-order chi connectivity index (χ0) is 19.2. The largest absolute Gasteiger partial charge is 0.312 e. The fourth-order valence-corrected chi connectivity index (χ4v) is 3.12. The number of thioether (sulfide) groups is 1. The molecule has 0 aliphatic rings. The SMILES string of the molecule is C/C(=N\NC(=O)c1ccc(CSc2nncn2C)cc1)c1cccc(F)c1. The van der Waals surface area contributed by atoms with Crippen LogP contribution in [0.3, 0.4) is 0 Å². The summed E-state index contributed by atoms with van der Waals surface area (Å²) < 4.78 is 15.1. The standard InChI is InChI=1S/C19H18FN5OS/c1-13(16-4-3-5-17(20)10-16)22-23-18(26)15-8-6-14(7-9-15)11-27-19-24-21-12-25(19)2/h3-10,12H,11H2,1-2H3,(H,23,26)/b22-13+.